The molecule has 0 fully saturated rings. The average molecular weight is 388 g/mol. The van der Waals surface area contributed by atoms with Crippen molar-refractivity contribution in [2.75, 3.05) is 5.32 Å². The van der Waals surface area contributed by atoms with Crippen LogP contribution in [-0.2, 0) is 10.5 Å². The number of hydrogen-bond acceptors (Lipinski definition) is 5. The number of benzene rings is 2. The van der Waals surface area contributed by atoms with E-state index in [2.05, 4.69) is 15.5 Å². The Kier molecular flexibility index (Phi) is 6.22. The summed E-state index contributed by atoms with van der Waals surface area (Å²) >= 11 is 9.02. The largest absolute Gasteiger partial charge is 0.297 e. The zero-order valence-corrected chi connectivity index (χ0v) is 15.4. The van der Waals surface area contributed by atoms with E-state index in [1.165, 1.54) is 29.2 Å². The molecule has 0 aliphatic heterocycles. The molecule has 25 heavy (non-hydrogen) atoms. The number of rotatable bonds is 6. The first-order chi connectivity index (χ1) is 12.2. The molecule has 0 saturated carbocycles. The summed E-state index contributed by atoms with van der Waals surface area (Å²) in [4.78, 5) is 11.9. The number of amides is 1. The third-order valence-corrected chi connectivity index (χ3v) is 5.56. The summed E-state index contributed by atoms with van der Waals surface area (Å²) in [6.45, 7) is 0. The number of hydrogen-bond donors (Lipinski definition) is 1. The van der Waals surface area contributed by atoms with E-state index in [0.29, 0.717) is 10.9 Å². The van der Waals surface area contributed by atoms with Crippen LogP contribution in [0, 0.1) is 0 Å². The SMILES string of the molecule is O=C(C=Cc1ccccc1)Nc1nnc(SCc2ccccc2Cl)s1. The zero-order chi connectivity index (χ0) is 17.5. The molecule has 0 saturated heterocycles. The molecule has 0 aliphatic carbocycles. The molecule has 0 bridgehead atoms. The third kappa shape index (κ3) is 5.42. The molecule has 0 unspecified atom stereocenters. The van der Waals surface area contributed by atoms with Crippen LogP contribution in [0.15, 0.2) is 65.0 Å². The van der Waals surface area contributed by atoms with E-state index < -0.39 is 0 Å². The predicted molar refractivity (Wildman–Crippen MR) is 105 cm³/mol. The fraction of sp³-hybridized carbons (Fsp3) is 0.0556. The highest BCUT2D eigenvalue weighted by Gasteiger charge is 2.08. The Bertz CT molecular complexity index is 881. The number of nitrogens with one attached hydrogen (secondary N) is 1. The summed E-state index contributed by atoms with van der Waals surface area (Å²) in [5.41, 5.74) is 2.01. The molecule has 0 aliphatic rings. The molecule has 0 atom stereocenters. The molecule has 2 aromatic carbocycles. The molecule has 4 nitrogen and oxygen atoms in total. The lowest BCUT2D eigenvalue weighted by Gasteiger charge is -2.00. The van der Waals surface area contributed by atoms with Gasteiger partial charge < -0.3 is 0 Å². The van der Waals surface area contributed by atoms with Crippen LogP contribution in [0.3, 0.4) is 0 Å². The predicted octanol–water partition coefficient (Wildman–Crippen LogP) is 5.14. The number of nitrogens with zero attached hydrogens (tertiary/aromatic N) is 2. The first-order valence-electron chi connectivity index (χ1n) is 7.44. The van der Waals surface area contributed by atoms with Gasteiger partial charge in [-0.05, 0) is 23.3 Å². The summed E-state index contributed by atoms with van der Waals surface area (Å²) < 4.78 is 0.780. The maximum absolute atomic E-state index is 11.9. The standard InChI is InChI=1S/C18H14ClN3OS2/c19-15-9-5-4-8-14(15)12-24-18-22-21-17(25-18)20-16(23)11-10-13-6-2-1-3-7-13/h1-11H,12H2,(H,20,21,23). The molecule has 7 heteroatoms. The van der Waals surface area contributed by atoms with Crippen molar-refractivity contribution in [3.05, 3.63) is 76.8 Å². The Morgan fingerprint density at radius 3 is 2.68 bits per heavy atom. The molecule has 1 amide bonds. The molecule has 0 spiro atoms. The Morgan fingerprint density at radius 2 is 1.88 bits per heavy atom. The van der Waals surface area contributed by atoms with E-state index in [-0.39, 0.29) is 5.91 Å². The fourth-order valence-corrected chi connectivity index (χ4v) is 4.00. The molecule has 1 aromatic heterocycles. The summed E-state index contributed by atoms with van der Waals surface area (Å²) in [6, 6.07) is 17.3. The van der Waals surface area contributed by atoms with Gasteiger partial charge in [0.2, 0.25) is 11.0 Å². The van der Waals surface area contributed by atoms with Gasteiger partial charge in [-0.2, -0.15) is 0 Å². The van der Waals surface area contributed by atoms with Crippen LogP contribution < -0.4 is 5.32 Å². The van der Waals surface area contributed by atoms with Crippen molar-refractivity contribution in [1.29, 1.82) is 0 Å². The monoisotopic (exact) mass is 387 g/mol. The second kappa shape index (κ2) is 8.80. The second-order valence-electron chi connectivity index (χ2n) is 4.99. The van der Waals surface area contributed by atoms with E-state index in [4.69, 9.17) is 11.6 Å². The van der Waals surface area contributed by atoms with Crippen LogP contribution in [-0.4, -0.2) is 16.1 Å². The highest BCUT2D eigenvalue weighted by molar-refractivity contribution is 8.00. The lowest BCUT2D eigenvalue weighted by molar-refractivity contribution is -0.111. The van der Waals surface area contributed by atoms with E-state index in [0.717, 1.165) is 20.5 Å². The highest BCUT2D eigenvalue weighted by Crippen LogP contribution is 2.30. The van der Waals surface area contributed by atoms with Crippen LogP contribution >= 0.6 is 34.7 Å². The molecule has 0 radical (unpaired) electrons. The molecular formula is C18H14ClN3OS2. The van der Waals surface area contributed by atoms with Gasteiger partial charge in [0.05, 0.1) is 0 Å². The Hall–Kier alpha value is -2.15. The highest BCUT2D eigenvalue weighted by atomic mass is 35.5. The van der Waals surface area contributed by atoms with Gasteiger partial charge in [0.25, 0.3) is 0 Å². The summed E-state index contributed by atoms with van der Waals surface area (Å²) in [7, 11) is 0. The number of thioether (sulfide) groups is 1. The van der Waals surface area contributed by atoms with Gasteiger partial charge in [-0.15, -0.1) is 10.2 Å². The smallest absolute Gasteiger partial charge is 0.250 e. The normalized spacial score (nSPS) is 10.9. The number of carbonyl (C=O) groups excluding carboxylic acids is 1. The lowest BCUT2D eigenvalue weighted by Crippen LogP contribution is -2.07. The van der Waals surface area contributed by atoms with Crippen molar-refractivity contribution in [3.63, 3.8) is 0 Å². The molecule has 3 rings (SSSR count). The third-order valence-electron chi connectivity index (χ3n) is 3.17. The van der Waals surface area contributed by atoms with Crippen molar-refractivity contribution < 1.29 is 4.79 Å². The van der Waals surface area contributed by atoms with Gasteiger partial charge in [-0.25, -0.2) is 0 Å². The molecule has 1 N–H and O–H groups in total. The first-order valence-corrected chi connectivity index (χ1v) is 9.62. The van der Waals surface area contributed by atoms with Gasteiger partial charge >= 0.3 is 0 Å². The average Bonchev–Trinajstić information content (AvgIpc) is 3.07. The Balaban J connectivity index is 1.54. The molecule has 3 aromatic rings. The first kappa shape index (κ1) is 17.7. The minimum Gasteiger partial charge on any atom is -0.297 e. The summed E-state index contributed by atoms with van der Waals surface area (Å²) in [6.07, 6.45) is 3.23. The van der Waals surface area contributed by atoms with Crippen LogP contribution in [0.25, 0.3) is 6.08 Å². The van der Waals surface area contributed by atoms with Crippen molar-refractivity contribution in [1.82, 2.24) is 10.2 Å². The number of carbonyl (C=O) groups is 1. The van der Waals surface area contributed by atoms with Gasteiger partial charge in [-0.1, -0.05) is 83.2 Å². The molecular weight excluding hydrogens is 374 g/mol. The summed E-state index contributed by atoms with van der Waals surface area (Å²) in [5, 5.41) is 12.0. The van der Waals surface area contributed by atoms with Gasteiger partial charge in [-0.3, -0.25) is 10.1 Å². The Labute approximate surface area is 159 Å². The quantitative estimate of drug-likeness (QED) is 0.361. The lowest BCUT2D eigenvalue weighted by atomic mass is 10.2. The molecule has 126 valence electrons. The van der Waals surface area contributed by atoms with Gasteiger partial charge in [0.1, 0.15) is 0 Å². The second-order valence-corrected chi connectivity index (χ2v) is 7.59. The van der Waals surface area contributed by atoms with Crippen molar-refractivity contribution in [2.45, 2.75) is 10.1 Å². The molecule has 1 heterocycles. The fourth-order valence-electron chi connectivity index (χ4n) is 1.96. The maximum atomic E-state index is 11.9. The summed E-state index contributed by atoms with van der Waals surface area (Å²) in [5.74, 6) is 0.471. The van der Waals surface area contributed by atoms with Crippen LogP contribution in [0.2, 0.25) is 5.02 Å². The van der Waals surface area contributed by atoms with E-state index in [9.17, 15) is 4.79 Å². The van der Waals surface area contributed by atoms with Gasteiger partial charge in [0, 0.05) is 16.9 Å². The van der Waals surface area contributed by atoms with E-state index in [1.807, 2.05) is 54.6 Å². The minimum atomic E-state index is -0.234. The van der Waals surface area contributed by atoms with Crippen molar-refractivity contribution in [3.8, 4) is 0 Å². The number of aromatic nitrogens is 2. The topological polar surface area (TPSA) is 54.9 Å². The van der Waals surface area contributed by atoms with E-state index >= 15 is 0 Å². The minimum absolute atomic E-state index is 0.234. The number of halogens is 1. The zero-order valence-electron chi connectivity index (χ0n) is 13.1. The van der Waals surface area contributed by atoms with Crippen molar-refractivity contribution in [2.24, 2.45) is 0 Å². The van der Waals surface area contributed by atoms with Crippen LogP contribution in [0.1, 0.15) is 11.1 Å². The Morgan fingerprint density at radius 1 is 1.12 bits per heavy atom. The number of anilines is 1. The van der Waals surface area contributed by atoms with Gasteiger partial charge in [0.15, 0.2) is 4.34 Å². The van der Waals surface area contributed by atoms with E-state index in [1.54, 1.807) is 6.08 Å². The van der Waals surface area contributed by atoms with Crippen LogP contribution in [0.5, 0.6) is 0 Å². The van der Waals surface area contributed by atoms with Crippen LogP contribution in [0.4, 0.5) is 5.13 Å². The van der Waals surface area contributed by atoms with Crippen molar-refractivity contribution >= 4 is 51.8 Å². The maximum Gasteiger partial charge on any atom is 0.250 e.